The topological polar surface area (TPSA) is 75.1 Å². The van der Waals surface area contributed by atoms with Gasteiger partial charge in [-0.2, -0.15) is 13.2 Å². The Morgan fingerprint density at radius 3 is 2.62 bits per heavy atom. The number of carbonyl (C=O) groups is 1. The second-order valence-corrected chi connectivity index (χ2v) is 7.45. The highest BCUT2D eigenvalue weighted by atomic mass is 19.4. The molecule has 0 fully saturated rings. The molecule has 0 aliphatic heterocycles. The molecule has 1 amide bonds. The van der Waals surface area contributed by atoms with Crippen LogP contribution in [0, 0.1) is 6.92 Å². The van der Waals surface area contributed by atoms with Crippen molar-refractivity contribution in [2.75, 3.05) is 5.32 Å². The molecule has 0 bridgehead atoms. The molecule has 3 aromatic heterocycles. The Kier molecular flexibility index (Phi) is 4.47. The van der Waals surface area contributed by atoms with Gasteiger partial charge < -0.3 is 9.38 Å². The SMILES string of the molecule is Cc1ccc2nc(C(=O)Nc3nc4ccc(-c5cccc(C(F)(F)F)c5)cc4[nH]3)cn2c1. The maximum absolute atomic E-state index is 13.0. The van der Waals surface area contributed by atoms with Crippen LogP contribution in [-0.4, -0.2) is 25.3 Å². The molecule has 5 aromatic rings. The fourth-order valence-corrected chi connectivity index (χ4v) is 3.51. The van der Waals surface area contributed by atoms with E-state index in [4.69, 9.17) is 0 Å². The van der Waals surface area contributed by atoms with Crippen LogP contribution >= 0.6 is 0 Å². The molecule has 3 heterocycles. The van der Waals surface area contributed by atoms with Gasteiger partial charge in [0.2, 0.25) is 5.95 Å². The number of aromatic amines is 1. The van der Waals surface area contributed by atoms with Gasteiger partial charge >= 0.3 is 6.18 Å². The van der Waals surface area contributed by atoms with Gasteiger partial charge in [0.25, 0.3) is 5.91 Å². The summed E-state index contributed by atoms with van der Waals surface area (Å²) in [6.07, 6.45) is -0.913. The Bertz CT molecular complexity index is 1480. The van der Waals surface area contributed by atoms with Crippen molar-refractivity contribution in [2.24, 2.45) is 0 Å². The van der Waals surface area contributed by atoms with Gasteiger partial charge in [0.05, 0.1) is 16.6 Å². The van der Waals surface area contributed by atoms with E-state index in [0.717, 1.165) is 17.7 Å². The average molecular weight is 435 g/mol. The van der Waals surface area contributed by atoms with Crippen LogP contribution in [0.4, 0.5) is 19.1 Å². The summed E-state index contributed by atoms with van der Waals surface area (Å²) in [6, 6.07) is 13.9. The lowest BCUT2D eigenvalue weighted by atomic mass is 10.0. The molecule has 0 spiro atoms. The number of benzene rings is 2. The summed E-state index contributed by atoms with van der Waals surface area (Å²) in [5.74, 6) is -0.206. The number of pyridine rings is 1. The van der Waals surface area contributed by atoms with Crippen LogP contribution < -0.4 is 5.32 Å². The number of alkyl halides is 3. The smallest absolute Gasteiger partial charge is 0.324 e. The molecule has 0 aliphatic rings. The lowest BCUT2D eigenvalue weighted by Crippen LogP contribution is -2.13. The molecule has 0 radical (unpaired) electrons. The van der Waals surface area contributed by atoms with E-state index in [2.05, 4.69) is 20.3 Å². The van der Waals surface area contributed by atoms with Crippen LogP contribution in [0.1, 0.15) is 21.6 Å². The lowest BCUT2D eigenvalue weighted by Gasteiger charge is -2.08. The van der Waals surface area contributed by atoms with Gasteiger partial charge in [0, 0.05) is 12.4 Å². The number of fused-ring (bicyclic) bond motifs is 2. The summed E-state index contributed by atoms with van der Waals surface area (Å²) < 4.78 is 40.8. The molecule has 2 N–H and O–H groups in total. The normalized spacial score (nSPS) is 11.9. The molecular formula is C23H16F3N5O. The monoisotopic (exact) mass is 435 g/mol. The first kappa shape index (κ1) is 19.8. The highest BCUT2D eigenvalue weighted by Gasteiger charge is 2.30. The molecule has 0 saturated carbocycles. The number of hydrogen-bond acceptors (Lipinski definition) is 3. The molecule has 2 aromatic carbocycles. The van der Waals surface area contributed by atoms with Gasteiger partial charge in [-0.3, -0.25) is 10.1 Å². The highest BCUT2D eigenvalue weighted by molar-refractivity contribution is 6.03. The number of hydrogen-bond donors (Lipinski definition) is 2. The molecule has 0 saturated heterocycles. The second kappa shape index (κ2) is 7.23. The quantitative estimate of drug-likeness (QED) is 0.395. The summed E-state index contributed by atoms with van der Waals surface area (Å²) in [6.45, 7) is 1.95. The van der Waals surface area contributed by atoms with Crippen LogP contribution in [0.3, 0.4) is 0 Å². The minimum Gasteiger partial charge on any atom is -0.324 e. The van der Waals surface area contributed by atoms with Crippen molar-refractivity contribution < 1.29 is 18.0 Å². The largest absolute Gasteiger partial charge is 0.416 e. The standard InChI is InChI=1S/C23H16F3N5O/c1-13-5-8-20-27-19(12-31(20)11-13)21(32)30-22-28-17-7-6-15(10-18(17)29-22)14-3-2-4-16(9-14)23(24,25)26/h2-12H,1H3,(H2,28,29,30,32). The third kappa shape index (κ3) is 3.68. The minimum absolute atomic E-state index is 0.222. The van der Waals surface area contributed by atoms with Crippen molar-refractivity contribution in [3.63, 3.8) is 0 Å². The highest BCUT2D eigenvalue weighted by Crippen LogP contribution is 2.33. The van der Waals surface area contributed by atoms with Crippen LogP contribution in [-0.2, 0) is 6.18 Å². The van der Waals surface area contributed by atoms with E-state index in [0.29, 0.717) is 27.8 Å². The molecular weight excluding hydrogens is 419 g/mol. The zero-order valence-electron chi connectivity index (χ0n) is 16.7. The number of nitrogens with zero attached hydrogens (tertiary/aromatic N) is 3. The van der Waals surface area contributed by atoms with Crippen molar-refractivity contribution in [2.45, 2.75) is 13.1 Å². The van der Waals surface area contributed by atoms with Crippen molar-refractivity contribution in [3.05, 3.63) is 83.8 Å². The Morgan fingerprint density at radius 2 is 1.81 bits per heavy atom. The molecule has 9 heteroatoms. The minimum atomic E-state index is -4.41. The summed E-state index contributed by atoms with van der Waals surface area (Å²) in [4.78, 5) is 24.2. The Balaban J connectivity index is 1.42. The molecule has 6 nitrogen and oxygen atoms in total. The number of rotatable bonds is 3. The van der Waals surface area contributed by atoms with Gasteiger partial charge in [-0.15, -0.1) is 0 Å². The van der Waals surface area contributed by atoms with Crippen LogP contribution in [0.2, 0.25) is 0 Å². The number of H-pyrrole nitrogens is 1. The number of imidazole rings is 2. The van der Waals surface area contributed by atoms with Gasteiger partial charge in [-0.05, 0) is 53.9 Å². The summed E-state index contributed by atoms with van der Waals surface area (Å²) in [5.41, 5.74) is 3.40. The van der Waals surface area contributed by atoms with E-state index in [1.165, 1.54) is 6.07 Å². The van der Waals surface area contributed by atoms with Gasteiger partial charge in [0.15, 0.2) is 0 Å². The first-order valence-corrected chi connectivity index (χ1v) is 9.70. The molecule has 160 valence electrons. The second-order valence-electron chi connectivity index (χ2n) is 7.45. The average Bonchev–Trinajstić information content (AvgIpc) is 3.35. The third-order valence-electron chi connectivity index (χ3n) is 5.07. The Hall–Kier alpha value is -4.14. The van der Waals surface area contributed by atoms with E-state index in [1.54, 1.807) is 34.9 Å². The Labute approximate surface area is 179 Å². The molecule has 0 atom stereocenters. The van der Waals surface area contributed by atoms with Gasteiger partial charge in [-0.1, -0.05) is 24.3 Å². The number of halogens is 3. The first-order valence-electron chi connectivity index (χ1n) is 9.70. The van der Waals surface area contributed by atoms with Crippen molar-refractivity contribution in [3.8, 4) is 11.1 Å². The number of amides is 1. The number of carbonyl (C=O) groups excluding carboxylic acids is 1. The predicted octanol–water partition coefficient (Wildman–Crippen LogP) is 5.46. The summed E-state index contributed by atoms with van der Waals surface area (Å²) in [7, 11) is 0. The fraction of sp³-hybridized carbons (Fsp3) is 0.0870. The van der Waals surface area contributed by atoms with E-state index in [1.807, 2.05) is 25.3 Å². The molecule has 0 aliphatic carbocycles. The summed E-state index contributed by atoms with van der Waals surface area (Å²) in [5, 5.41) is 2.68. The van der Waals surface area contributed by atoms with Gasteiger partial charge in [0.1, 0.15) is 11.3 Å². The van der Waals surface area contributed by atoms with Crippen molar-refractivity contribution in [1.82, 2.24) is 19.4 Å². The van der Waals surface area contributed by atoms with E-state index >= 15 is 0 Å². The maximum atomic E-state index is 13.0. The zero-order valence-corrected chi connectivity index (χ0v) is 16.7. The van der Waals surface area contributed by atoms with E-state index in [9.17, 15) is 18.0 Å². The van der Waals surface area contributed by atoms with Crippen molar-refractivity contribution in [1.29, 1.82) is 0 Å². The predicted molar refractivity (Wildman–Crippen MR) is 114 cm³/mol. The lowest BCUT2D eigenvalue weighted by molar-refractivity contribution is -0.137. The number of anilines is 1. The number of nitrogens with one attached hydrogen (secondary N) is 2. The molecule has 0 unspecified atom stereocenters. The summed E-state index contributed by atoms with van der Waals surface area (Å²) >= 11 is 0. The van der Waals surface area contributed by atoms with E-state index in [-0.39, 0.29) is 11.6 Å². The molecule has 5 rings (SSSR count). The fourth-order valence-electron chi connectivity index (χ4n) is 3.51. The van der Waals surface area contributed by atoms with E-state index < -0.39 is 17.6 Å². The number of aromatic nitrogens is 4. The van der Waals surface area contributed by atoms with Crippen LogP contribution in [0.15, 0.2) is 67.0 Å². The van der Waals surface area contributed by atoms with Crippen LogP contribution in [0.5, 0.6) is 0 Å². The maximum Gasteiger partial charge on any atom is 0.416 e. The zero-order chi connectivity index (χ0) is 22.5. The first-order chi connectivity index (χ1) is 15.3. The molecule has 32 heavy (non-hydrogen) atoms. The third-order valence-corrected chi connectivity index (χ3v) is 5.07. The number of aryl methyl sites for hydroxylation is 1. The Morgan fingerprint density at radius 1 is 1.00 bits per heavy atom. The van der Waals surface area contributed by atoms with Gasteiger partial charge in [-0.25, -0.2) is 9.97 Å². The van der Waals surface area contributed by atoms with Crippen LogP contribution in [0.25, 0.3) is 27.8 Å². The van der Waals surface area contributed by atoms with Crippen molar-refractivity contribution >= 4 is 28.5 Å².